The topological polar surface area (TPSA) is 94.0 Å². The molecule has 7 nitrogen and oxygen atoms in total. The third-order valence-corrected chi connectivity index (χ3v) is 5.48. The van der Waals surface area contributed by atoms with Crippen molar-refractivity contribution in [3.05, 3.63) is 82.9 Å². The molecule has 10 heteroatoms. The zero-order chi connectivity index (χ0) is 25.3. The van der Waals surface area contributed by atoms with Crippen LogP contribution in [0.1, 0.15) is 31.8 Å². The number of hydrogen-bond donors (Lipinski definition) is 3. The standard InChI is InChI=1S/C25H21F3N4O3/c1-32(2)24(34)16-7-3-5-14(9-16)19-11-17-12-22(30-21(17)13-20(19)25(26,27)28)29-18-8-4-6-15(10-18)23(33)31-35/h3-11,13,35H,12H2,1-2H3,(H,29,30)(H,31,33). The van der Waals surface area contributed by atoms with E-state index in [1.165, 1.54) is 35.2 Å². The van der Waals surface area contributed by atoms with Crippen LogP contribution >= 0.6 is 0 Å². The Morgan fingerprint density at radius 2 is 1.71 bits per heavy atom. The number of hydrogen-bond acceptors (Lipinski definition) is 5. The fraction of sp³-hybridized carbons (Fsp3) is 0.160. The van der Waals surface area contributed by atoms with Gasteiger partial charge in [-0.25, -0.2) is 10.5 Å². The Bertz CT molecular complexity index is 1350. The molecule has 0 fully saturated rings. The summed E-state index contributed by atoms with van der Waals surface area (Å²) in [7, 11) is 3.15. The van der Waals surface area contributed by atoms with E-state index in [2.05, 4.69) is 10.3 Å². The molecule has 0 saturated heterocycles. The van der Waals surface area contributed by atoms with Gasteiger partial charge in [0.15, 0.2) is 0 Å². The molecule has 0 atom stereocenters. The minimum absolute atomic E-state index is 0.0391. The first kappa shape index (κ1) is 24.0. The molecule has 1 aliphatic heterocycles. The number of alkyl halides is 3. The molecule has 0 aliphatic carbocycles. The summed E-state index contributed by atoms with van der Waals surface area (Å²) in [5.41, 5.74) is 2.68. The first-order valence-electron chi connectivity index (χ1n) is 10.5. The smallest absolute Gasteiger partial charge is 0.345 e. The van der Waals surface area contributed by atoms with Crippen molar-refractivity contribution in [2.24, 2.45) is 4.99 Å². The van der Waals surface area contributed by atoms with Crippen molar-refractivity contribution in [3.8, 4) is 11.1 Å². The summed E-state index contributed by atoms with van der Waals surface area (Å²) in [6.07, 6.45) is -4.39. The minimum atomic E-state index is -4.64. The number of amides is 2. The zero-order valence-corrected chi connectivity index (χ0v) is 18.8. The van der Waals surface area contributed by atoms with E-state index in [0.717, 1.165) is 6.07 Å². The monoisotopic (exact) mass is 482 g/mol. The van der Waals surface area contributed by atoms with Gasteiger partial charge in [-0.1, -0.05) is 18.2 Å². The number of amidine groups is 1. The molecule has 4 rings (SSSR count). The van der Waals surface area contributed by atoms with Crippen LogP contribution in [0.4, 0.5) is 24.5 Å². The van der Waals surface area contributed by atoms with E-state index in [0.29, 0.717) is 17.1 Å². The number of nitrogens with one attached hydrogen (secondary N) is 2. The molecule has 35 heavy (non-hydrogen) atoms. The Morgan fingerprint density at radius 3 is 2.40 bits per heavy atom. The van der Waals surface area contributed by atoms with Gasteiger partial charge in [0.2, 0.25) is 0 Å². The summed E-state index contributed by atoms with van der Waals surface area (Å²) in [5.74, 6) is -0.600. The molecule has 1 heterocycles. The molecule has 1 aliphatic rings. The van der Waals surface area contributed by atoms with Crippen LogP contribution in [-0.4, -0.2) is 41.9 Å². The third kappa shape index (κ3) is 5.02. The molecule has 0 spiro atoms. The number of hydroxylamine groups is 1. The summed E-state index contributed by atoms with van der Waals surface area (Å²) in [5, 5.41) is 11.8. The van der Waals surface area contributed by atoms with Crippen molar-refractivity contribution in [1.29, 1.82) is 0 Å². The van der Waals surface area contributed by atoms with E-state index in [4.69, 9.17) is 5.21 Å². The van der Waals surface area contributed by atoms with E-state index in [1.807, 2.05) is 0 Å². The molecular formula is C25H21F3N4O3. The number of nitrogens with zero attached hydrogens (tertiary/aromatic N) is 2. The van der Waals surface area contributed by atoms with Gasteiger partial charge >= 0.3 is 6.18 Å². The molecule has 0 unspecified atom stereocenters. The van der Waals surface area contributed by atoms with E-state index >= 15 is 0 Å². The maximum Gasteiger partial charge on any atom is 0.417 e. The molecule has 0 radical (unpaired) electrons. The van der Waals surface area contributed by atoms with Gasteiger partial charge in [0.05, 0.1) is 11.3 Å². The van der Waals surface area contributed by atoms with Crippen molar-refractivity contribution >= 4 is 29.0 Å². The molecule has 0 saturated carbocycles. The van der Waals surface area contributed by atoms with Crippen LogP contribution in [0.5, 0.6) is 0 Å². The number of halogens is 3. The van der Waals surface area contributed by atoms with Crippen molar-refractivity contribution < 1.29 is 28.0 Å². The average molecular weight is 482 g/mol. The first-order valence-corrected chi connectivity index (χ1v) is 10.5. The van der Waals surface area contributed by atoms with Crippen molar-refractivity contribution in [2.45, 2.75) is 12.6 Å². The number of carbonyl (C=O) groups excluding carboxylic acids is 2. The highest BCUT2D eigenvalue weighted by Crippen LogP contribution is 2.42. The predicted octanol–water partition coefficient (Wildman–Crippen LogP) is 4.89. The molecule has 3 N–H and O–H groups in total. The molecule has 180 valence electrons. The quantitative estimate of drug-likeness (QED) is 0.365. The molecule has 3 aromatic carbocycles. The fourth-order valence-corrected chi connectivity index (χ4v) is 3.84. The molecular weight excluding hydrogens is 461 g/mol. The number of anilines is 1. The second-order valence-corrected chi connectivity index (χ2v) is 8.19. The third-order valence-electron chi connectivity index (χ3n) is 5.48. The number of aliphatic imine (C=N–C) groups is 1. The summed E-state index contributed by atoms with van der Waals surface area (Å²) >= 11 is 0. The lowest BCUT2D eigenvalue weighted by Crippen LogP contribution is -2.21. The van der Waals surface area contributed by atoms with Crippen molar-refractivity contribution in [1.82, 2.24) is 10.4 Å². The Hall–Kier alpha value is -4.18. The van der Waals surface area contributed by atoms with Gasteiger partial charge in [-0.2, -0.15) is 13.2 Å². The van der Waals surface area contributed by atoms with Gasteiger partial charge < -0.3 is 10.2 Å². The van der Waals surface area contributed by atoms with Gasteiger partial charge in [-0.05, 0) is 59.2 Å². The van der Waals surface area contributed by atoms with Crippen LogP contribution in [-0.2, 0) is 12.6 Å². The summed E-state index contributed by atoms with van der Waals surface area (Å²) < 4.78 is 42.0. The second kappa shape index (κ2) is 9.22. The second-order valence-electron chi connectivity index (χ2n) is 8.19. The highest BCUT2D eigenvalue weighted by molar-refractivity contribution is 6.03. The Balaban J connectivity index is 1.69. The number of benzene rings is 3. The van der Waals surface area contributed by atoms with E-state index in [-0.39, 0.29) is 40.3 Å². The van der Waals surface area contributed by atoms with E-state index in [1.54, 1.807) is 43.8 Å². The van der Waals surface area contributed by atoms with Crippen molar-refractivity contribution in [3.63, 3.8) is 0 Å². The van der Waals surface area contributed by atoms with Crippen molar-refractivity contribution in [2.75, 3.05) is 19.4 Å². The number of rotatable bonds is 4. The Kier molecular flexibility index (Phi) is 6.31. The normalized spacial score (nSPS) is 12.6. The molecule has 0 bridgehead atoms. The van der Waals surface area contributed by atoms with Crippen LogP contribution in [0.2, 0.25) is 0 Å². The maximum absolute atomic E-state index is 14.0. The largest absolute Gasteiger partial charge is 0.417 e. The Morgan fingerprint density at radius 1 is 1.00 bits per heavy atom. The predicted molar refractivity (Wildman–Crippen MR) is 125 cm³/mol. The SMILES string of the molecule is CN(C)C(=O)c1cccc(-c2cc3c(cc2C(F)(F)F)N=C(Nc2cccc(C(=O)NO)c2)C3)c1. The van der Waals surface area contributed by atoms with Crippen LogP contribution in [0.25, 0.3) is 11.1 Å². The molecule has 3 aromatic rings. The lowest BCUT2D eigenvalue weighted by atomic mass is 9.94. The van der Waals surface area contributed by atoms with Gasteiger partial charge in [-0.3, -0.25) is 14.8 Å². The van der Waals surface area contributed by atoms with Crippen LogP contribution in [0.15, 0.2) is 65.7 Å². The minimum Gasteiger partial charge on any atom is -0.345 e. The fourth-order valence-electron chi connectivity index (χ4n) is 3.84. The van der Waals surface area contributed by atoms with Gasteiger partial charge in [-0.15, -0.1) is 0 Å². The first-order chi connectivity index (χ1) is 16.6. The Labute approximate surface area is 198 Å². The molecule has 0 aromatic heterocycles. The average Bonchev–Trinajstić information content (AvgIpc) is 3.23. The van der Waals surface area contributed by atoms with Crippen LogP contribution in [0.3, 0.4) is 0 Å². The molecule has 2 amide bonds. The number of fused-ring (bicyclic) bond motifs is 1. The lowest BCUT2D eigenvalue weighted by Gasteiger charge is -2.16. The summed E-state index contributed by atoms with van der Waals surface area (Å²) in [6.45, 7) is 0. The highest BCUT2D eigenvalue weighted by atomic mass is 19.4. The summed E-state index contributed by atoms with van der Waals surface area (Å²) in [4.78, 5) is 29.6. The maximum atomic E-state index is 14.0. The lowest BCUT2D eigenvalue weighted by molar-refractivity contribution is -0.137. The van der Waals surface area contributed by atoms with Crippen LogP contribution in [0, 0.1) is 0 Å². The van der Waals surface area contributed by atoms with E-state index < -0.39 is 17.6 Å². The van der Waals surface area contributed by atoms with Crippen LogP contribution < -0.4 is 10.8 Å². The number of carbonyl (C=O) groups is 2. The van der Waals surface area contributed by atoms with Gasteiger partial charge in [0.1, 0.15) is 5.84 Å². The summed E-state index contributed by atoms with van der Waals surface area (Å²) in [6, 6.07) is 14.8. The van der Waals surface area contributed by atoms with Gasteiger partial charge in [0.25, 0.3) is 11.8 Å². The zero-order valence-electron chi connectivity index (χ0n) is 18.8. The van der Waals surface area contributed by atoms with Gasteiger partial charge in [0, 0.05) is 37.3 Å². The van der Waals surface area contributed by atoms with E-state index in [9.17, 15) is 22.8 Å². The highest BCUT2D eigenvalue weighted by Gasteiger charge is 2.35.